The van der Waals surface area contributed by atoms with E-state index in [0.717, 1.165) is 27.7 Å². The van der Waals surface area contributed by atoms with Gasteiger partial charge in [0.1, 0.15) is 0 Å². The Balaban J connectivity index is 1.70. The third-order valence-electron chi connectivity index (χ3n) is 3.28. The maximum atomic E-state index is 3.55. The van der Waals surface area contributed by atoms with E-state index < -0.39 is 0 Å². The molecule has 0 bridgehead atoms. The Labute approximate surface area is 135 Å². The van der Waals surface area contributed by atoms with E-state index in [4.69, 9.17) is 0 Å². The maximum Gasteiger partial charge on any atom is 0.0485 e. The van der Waals surface area contributed by atoms with E-state index in [1.165, 1.54) is 10.9 Å². The third kappa shape index (κ3) is 2.91. The molecule has 0 atom stereocenters. The molecule has 1 heterocycles. The van der Waals surface area contributed by atoms with E-state index in [-0.39, 0.29) is 0 Å². The summed E-state index contributed by atoms with van der Waals surface area (Å²) in [5.74, 6) is 0. The lowest BCUT2D eigenvalue weighted by molar-refractivity contribution is 0.757. The summed E-state index contributed by atoms with van der Waals surface area (Å²) >= 11 is 7.05. The van der Waals surface area contributed by atoms with Crippen molar-refractivity contribution < 1.29 is 0 Å². The molecule has 0 aliphatic rings. The molecule has 2 nitrogen and oxygen atoms in total. The summed E-state index contributed by atoms with van der Waals surface area (Å²) < 4.78 is 4.49. The Kier molecular flexibility index (Phi) is 4.13. The van der Waals surface area contributed by atoms with Crippen LogP contribution in [-0.4, -0.2) is 11.1 Å². The summed E-state index contributed by atoms with van der Waals surface area (Å²) in [4.78, 5) is 0. The number of nitrogens with one attached hydrogen (secondary N) is 1. The van der Waals surface area contributed by atoms with E-state index in [0.29, 0.717) is 0 Å². The molecule has 20 heavy (non-hydrogen) atoms. The number of rotatable bonds is 4. The first-order valence-electron chi connectivity index (χ1n) is 6.47. The molecule has 3 rings (SSSR count). The average molecular weight is 394 g/mol. The van der Waals surface area contributed by atoms with Crippen LogP contribution < -0.4 is 5.32 Å². The smallest absolute Gasteiger partial charge is 0.0485 e. The van der Waals surface area contributed by atoms with Gasteiger partial charge in [0.2, 0.25) is 0 Å². The third-order valence-corrected chi connectivity index (χ3v) is 4.46. The fourth-order valence-corrected chi connectivity index (χ4v) is 3.09. The van der Waals surface area contributed by atoms with Gasteiger partial charge in [-0.1, -0.05) is 28.1 Å². The summed E-state index contributed by atoms with van der Waals surface area (Å²) in [6, 6.07) is 16.7. The topological polar surface area (TPSA) is 17.0 Å². The molecule has 0 amide bonds. The SMILES string of the molecule is Brc1ccc2c(ccn2CCNc2ccccc2Br)c1. The number of benzene rings is 2. The van der Waals surface area contributed by atoms with E-state index in [1.807, 2.05) is 18.2 Å². The quantitative estimate of drug-likeness (QED) is 0.638. The van der Waals surface area contributed by atoms with Crippen molar-refractivity contribution in [3.8, 4) is 0 Å². The first kappa shape index (κ1) is 13.7. The van der Waals surface area contributed by atoms with Gasteiger partial charge in [-0.05, 0) is 52.3 Å². The summed E-state index contributed by atoms with van der Waals surface area (Å²) in [5.41, 5.74) is 2.40. The molecule has 0 aliphatic carbocycles. The predicted octanol–water partition coefficient (Wildman–Crippen LogP) is 5.28. The van der Waals surface area contributed by atoms with Gasteiger partial charge in [-0.3, -0.25) is 0 Å². The van der Waals surface area contributed by atoms with Crippen LogP contribution in [-0.2, 0) is 6.54 Å². The largest absolute Gasteiger partial charge is 0.382 e. The molecule has 0 saturated heterocycles. The zero-order chi connectivity index (χ0) is 13.9. The standard InChI is InChI=1S/C16H14Br2N2/c17-13-5-6-16-12(11-13)7-9-20(16)10-8-19-15-4-2-1-3-14(15)18/h1-7,9,11,19H,8,10H2. The van der Waals surface area contributed by atoms with Crippen LogP contribution in [0.4, 0.5) is 5.69 Å². The second kappa shape index (κ2) is 6.02. The Morgan fingerprint density at radius 2 is 1.85 bits per heavy atom. The zero-order valence-electron chi connectivity index (χ0n) is 10.8. The first-order chi connectivity index (χ1) is 9.74. The van der Waals surface area contributed by atoms with Crippen LogP contribution in [0.5, 0.6) is 0 Å². The fraction of sp³-hybridized carbons (Fsp3) is 0.125. The molecule has 102 valence electrons. The van der Waals surface area contributed by atoms with Crippen LogP contribution in [0.25, 0.3) is 10.9 Å². The number of nitrogens with zero attached hydrogens (tertiary/aromatic N) is 1. The first-order valence-corrected chi connectivity index (χ1v) is 8.05. The minimum absolute atomic E-state index is 0.891. The maximum absolute atomic E-state index is 3.55. The molecule has 2 aromatic carbocycles. The zero-order valence-corrected chi connectivity index (χ0v) is 14.0. The summed E-state index contributed by atoms with van der Waals surface area (Å²) in [6.07, 6.45) is 2.14. The van der Waals surface area contributed by atoms with E-state index >= 15 is 0 Å². The lowest BCUT2D eigenvalue weighted by Gasteiger charge is -2.10. The second-order valence-corrected chi connectivity index (χ2v) is 6.39. The van der Waals surface area contributed by atoms with E-state index in [9.17, 15) is 0 Å². The summed E-state index contributed by atoms with van der Waals surface area (Å²) in [6.45, 7) is 1.83. The van der Waals surface area contributed by atoms with Crippen LogP contribution in [0, 0.1) is 0 Å². The van der Waals surface area contributed by atoms with Crippen molar-refractivity contribution in [2.45, 2.75) is 6.54 Å². The molecule has 1 aromatic heterocycles. The minimum atomic E-state index is 0.891. The lowest BCUT2D eigenvalue weighted by atomic mass is 10.2. The Morgan fingerprint density at radius 3 is 2.70 bits per heavy atom. The highest BCUT2D eigenvalue weighted by atomic mass is 79.9. The van der Waals surface area contributed by atoms with Crippen molar-refractivity contribution in [3.05, 3.63) is 63.7 Å². The van der Waals surface area contributed by atoms with E-state index in [1.54, 1.807) is 0 Å². The van der Waals surface area contributed by atoms with Crippen LogP contribution in [0.2, 0.25) is 0 Å². The van der Waals surface area contributed by atoms with Gasteiger partial charge in [-0.25, -0.2) is 0 Å². The van der Waals surface area contributed by atoms with Crippen molar-refractivity contribution >= 4 is 48.5 Å². The molecule has 0 fully saturated rings. The van der Waals surface area contributed by atoms with Gasteiger partial charge in [-0.2, -0.15) is 0 Å². The summed E-state index contributed by atoms with van der Waals surface area (Å²) in [5, 5.41) is 4.71. The highest BCUT2D eigenvalue weighted by Gasteiger charge is 2.02. The Bertz CT molecular complexity index is 734. The molecule has 0 radical (unpaired) electrons. The normalized spacial score (nSPS) is 10.9. The van der Waals surface area contributed by atoms with Gasteiger partial charge in [0.15, 0.2) is 0 Å². The van der Waals surface area contributed by atoms with Crippen molar-refractivity contribution in [1.82, 2.24) is 4.57 Å². The average Bonchev–Trinajstić information content (AvgIpc) is 2.83. The molecule has 0 aliphatic heterocycles. The number of para-hydroxylation sites is 1. The van der Waals surface area contributed by atoms with Crippen LogP contribution in [0.3, 0.4) is 0 Å². The monoisotopic (exact) mass is 392 g/mol. The van der Waals surface area contributed by atoms with Gasteiger partial charge < -0.3 is 9.88 Å². The highest BCUT2D eigenvalue weighted by Crippen LogP contribution is 2.22. The Hall–Kier alpha value is -1.26. The molecular formula is C16H14Br2N2. The number of halogens is 2. The van der Waals surface area contributed by atoms with Crippen molar-refractivity contribution in [2.24, 2.45) is 0 Å². The minimum Gasteiger partial charge on any atom is -0.382 e. The van der Waals surface area contributed by atoms with E-state index in [2.05, 4.69) is 78.3 Å². The van der Waals surface area contributed by atoms with Gasteiger partial charge in [-0.15, -0.1) is 0 Å². The van der Waals surface area contributed by atoms with Crippen LogP contribution in [0.15, 0.2) is 63.7 Å². The highest BCUT2D eigenvalue weighted by molar-refractivity contribution is 9.10. The van der Waals surface area contributed by atoms with Gasteiger partial charge >= 0.3 is 0 Å². The van der Waals surface area contributed by atoms with Crippen molar-refractivity contribution in [2.75, 3.05) is 11.9 Å². The van der Waals surface area contributed by atoms with Crippen molar-refractivity contribution in [1.29, 1.82) is 0 Å². The molecule has 3 aromatic rings. The molecule has 0 saturated carbocycles. The van der Waals surface area contributed by atoms with Gasteiger partial charge in [0.05, 0.1) is 0 Å². The predicted molar refractivity (Wildman–Crippen MR) is 92.3 cm³/mol. The molecule has 1 N–H and O–H groups in total. The van der Waals surface area contributed by atoms with Gasteiger partial charge in [0, 0.05) is 44.8 Å². The Morgan fingerprint density at radius 1 is 1.00 bits per heavy atom. The lowest BCUT2D eigenvalue weighted by Crippen LogP contribution is -2.09. The molecule has 0 unspecified atom stereocenters. The second-order valence-electron chi connectivity index (χ2n) is 4.62. The molecular weight excluding hydrogens is 380 g/mol. The number of anilines is 1. The fourth-order valence-electron chi connectivity index (χ4n) is 2.28. The van der Waals surface area contributed by atoms with Crippen LogP contribution >= 0.6 is 31.9 Å². The van der Waals surface area contributed by atoms with Gasteiger partial charge in [0.25, 0.3) is 0 Å². The number of fused-ring (bicyclic) bond motifs is 1. The number of hydrogen-bond donors (Lipinski definition) is 1. The summed E-state index contributed by atoms with van der Waals surface area (Å²) in [7, 11) is 0. The molecule has 0 spiro atoms. The molecule has 4 heteroatoms. The number of hydrogen-bond acceptors (Lipinski definition) is 1. The van der Waals surface area contributed by atoms with Crippen LogP contribution in [0.1, 0.15) is 0 Å². The van der Waals surface area contributed by atoms with Crippen molar-refractivity contribution in [3.63, 3.8) is 0 Å². The number of aromatic nitrogens is 1.